The first kappa shape index (κ1) is 24.0. The second-order valence-electron chi connectivity index (χ2n) is 9.96. The smallest absolute Gasteiger partial charge is 0.383 e. The van der Waals surface area contributed by atoms with Crippen molar-refractivity contribution in [1.29, 1.82) is 0 Å². The maximum absolute atomic E-state index is 14.6. The largest absolute Gasteiger partial charge is 0.456 e. The zero-order valence-electron chi connectivity index (χ0n) is 17.6. The Morgan fingerprint density at radius 2 is 1.56 bits per heavy atom. The third-order valence-electron chi connectivity index (χ3n) is 9.12. The van der Waals surface area contributed by atoms with Gasteiger partial charge in [0.2, 0.25) is 0 Å². The summed E-state index contributed by atoms with van der Waals surface area (Å²) in [7, 11) is 0. The van der Waals surface area contributed by atoms with Crippen molar-refractivity contribution in [3.63, 3.8) is 0 Å². The van der Waals surface area contributed by atoms with Crippen LogP contribution in [0.15, 0.2) is 11.1 Å². The number of carbonyl (C=O) groups is 1. The molecule has 0 aliphatic heterocycles. The number of hydrogen-bond acceptors (Lipinski definition) is 2. The van der Waals surface area contributed by atoms with Crippen LogP contribution in [0.25, 0.3) is 0 Å². The number of aliphatic hydroxyl groups is 1. The van der Waals surface area contributed by atoms with E-state index in [0.29, 0.717) is 0 Å². The average molecular weight is 474 g/mol. The maximum Gasteiger partial charge on any atom is 0.456 e. The van der Waals surface area contributed by atoms with E-state index in [9.17, 15) is 45.0 Å². The topological polar surface area (TPSA) is 37.3 Å². The number of halogens is 8. The first-order valence-electron chi connectivity index (χ1n) is 11.1. The highest BCUT2D eigenvalue weighted by Crippen LogP contribution is 2.70. The van der Waals surface area contributed by atoms with Crippen LogP contribution in [-0.2, 0) is 4.79 Å². The molecule has 3 fully saturated rings. The molecule has 4 aliphatic rings. The van der Waals surface area contributed by atoms with Gasteiger partial charge in [-0.3, -0.25) is 4.79 Å². The standard InChI is InChI=1S/C22H26F8O2/c1-2-18-9-7-12-11-5-6-16(31)17(20(23,24)25)14(11)4-3-13(12)15(18)8-10-19(18,32)21(26,27)22(28,29)30/h11-13,15,32H,2-10H2,1H3/t11-,12-,13-,15+,18?,19+/m1/s1. The third-order valence-corrected chi connectivity index (χ3v) is 9.12. The predicted molar refractivity (Wildman–Crippen MR) is 97.7 cm³/mol. The van der Waals surface area contributed by atoms with Crippen LogP contribution in [0.3, 0.4) is 0 Å². The van der Waals surface area contributed by atoms with E-state index in [1.807, 2.05) is 0 Å². The molecule has 1 unspecified atom stereocenters. The van der Waals surface area contributed by atoms with Crippen LogP contribution in [0.1, 0.15) is 64.7 Å². The molecule has 4 aliphatic carbocycles. The number of alkyl halides is 8. The van der Waals surface area contributed by atoms with Gasteiger partial charge in [0.25, 0.3) is 0 Å². The molecule has 0 aromatic heterocycles. The second kappa shape index (κ2) is 7.15. The molecule has 0 aromatic carbocycles. The first-order valence-corrected chi connectivity index (χ1v) is 11.1. The van der Waals surface area contributed by atoms with Crippen LogP contribution in [0.2, 0.25) is 0 Å². The zero-order valence-corrected chi connectivity index (χ0v) is 17.6. The normalized spacial score (nSPS) is 40.8. The highest BCUT2D eigenvalue weighted by atomic mass is 19.4. The van der Waals surface area contributed by atoms with Gasteiger partial charge in [0.1, 0.15) is 5.60 Å². The Balaban J connectivity index is 1.72. The Labute approximate surface area is 180 Å². The lowest BCUT2D eigenvalue weighted by molar-refractivity contribution is -0.365. The van der Waals surface area contributed by atoms with Gasteiger partial charge in [-0.15, -0.1) is 0 Å². The molecular weight excluding hydrogens is 448 g/mol. The zero-order chi connectivity index (χ0) is 23.9. The molecule has 2 nitrogen and oxygen atoms in total. The minimum Gasteiger partial charge on any atom is -0.383 e. The summed E-state index contributed by atoms with van der Waals surface area (Å²) in [5.74, 6) is -8.01. The molecule has 182 valence electrons. The van der Waals surface area contributed by atoms with Crippen LogP contribution < -0.4 is 0 Å². The van der Waals surface area contributed by atoms with Crippen molar-refractivity contribution in [2.24, 2.45) is 29.1 Å². The fraction of sp³-hybridized carbons (Fsp3) is 0.864. The van der Waals surface area contributed by atoms with Crippen molar-refractivity contribution in [2.45, 2.75) is 88.6 Å². The summed E-state index contributed by atoms with van der Waals surface area (Å²) < 4.78 is 110. The summed E-state index contributed by atoms with van der Waals surface area (Å²) in [5, 5.41) is 10.9. The van der Waals surface area contributed by atoms with Crippen LogP contribution in [0.4, 0.5) is 35.1 Å². The Bertz CT molecular complexity index is 829. The molecule has 6 atom stereocenters. The molecule has 0 aromatic rings. The van der Waals surface area contributed by atoms with Gasteiger partial charge < -0.3 is 5.11 Å². The number of rotatable bonds is 2. The molecule has 0 spiro atoms. The molecule has 32 heavy (non-hydrogen) atoms. The number of allylic oxidation sites excluding steroid dienone is 1. The first-order chi connectivity index (χ1) is 14.6. The van der Waals surface area contributed by atoms with Crippen molar-refractivity contribution >= 4 is 5.78 Å². The fourth-order valence-corrected chi connectivity index (χ4v) is 7.89. The minimum atomic E-state index is -5.90. The molecule has 0 bridgehead atoms. The van der Waals surface area contributed by atoms with E-state index in [-0.39, 0.29) is 68.8 Å². The fourth-order valence-electron chi connectivity index (χ4n) is 7.89. The van der Waals surface area contributed by atoms with E-state index in [1.54, 1.807) is 0 Å². The SMILES string of the molecule is CCC12CC[C@H]3[C@@H](CCC4=C(C(F)(F)F)C(=O)CC[C@@H]43)[C@@H]1CC[C@@]2(O)C(F)(F)C(F)(F)F. The van der Waals surface area contributed by atoms with Gasteiger partial charge >= 0.3 is 18.3 Å². The van der Waals surface area contributed by atoms with E-state index in [0.717, 1.165) is 0 Å². The van der Waals surface area contributed by atoms with Gasteiger partial charge in [0.05, 0.1) is 5.57 Å². The molecular formula is C22H26F8O2. The Kier molecular flexibility index (Phi) is 5.35. The van der Waals surface area contributed by atoms with E-state index >= 15 is 0 Å². The van der Waals surface area contributed by atoms with Crippen LogP contribution >= 0.6 is 0 Å². The maximum atomic E-state index is 14.6. The molecule has 0 saturated heterocycles. The molecule has 0 amide bonds. The molecule has 1 N–H and O–H groups in total. The van der Waals surface area contributed by atoms with E-state index < -0.39 is 58.9 Å². The number of ketones is 1. The lowest BCUT2D eigenvalue weighted by atomic mass is 9.48. The van der Waals surface area contributed by atoms with Gasteiger partial charge in [-0.2, -0.15) is 35.1 Å². The second-order valence-corrected chi connectivity index (χ2v) is 9.96. The molecule has 10 heteroatoms. The number of carbonyl (C=O) groups excluding carboxylic acids is 1. The number of fused-ring (bicyclic) bond motifs is 5. The van der Waals surface area contributed by atoms with Gasteiger partial charge in [0.15, 0.2) is 5.78 Å². The van der Waals surface area contributed by atoms with Crippen LogP contribution in [0, 0.1) is 29.1 Å². The van der Waals surface area contributed by atoms with Crippen molar-refractivity contribution in [1.82, 2.24) is 0 Å². The minimum absolute atomic E-state index is 0.0171. The summed E-state index contributed by atoms with van der Waals surface area (Å²) >= 11 is 0. The van der Waals surface area contributed by atoms with Crippen molar-refractivity contribution in [3.05, 3.63) is 11.1 Å². The Morgan fingerprint density at radius 1 is 0.906 bits per heavy atom. The number of hydrogen-bond donors (Lipinski definition) is 1. The molecule has 3 saturated carbocycles. The summed E-state index contributed by atoms with van der Waals surface area (Å²) in [6.07, 6.45) is -11.2. The van der Waals surface area contributed by atoms with Gasteiger partial charge in [0, 0.05) is 11.8 Å². The lowest BCUT2D eigenvalue weighted by Gasteiger charge is -2.58. The highest BCUT2D eigenvalue weighted by Gasteiger charge is 2.79. The molecule has 0 radical (unpaired) electrons. The van der Waals surface area contributed by atoms with Gasteiger partial charge in [-0.1, -0.05) is 12.5 Å². The Morgan fingerprint density at radius 3 is 2.12 bits per heavy atom. The summed E-state index contributed by atoms with van der Waals surface area (Å²) in [4.78, 5) is 12.0. The van der Waals surface area contributed by atoms with Crippen molar-refractivity contribution in [3.8, 4) is 0 Å². The summed E-state index contributed by atoms with van der Waals surface area (Å²) in [6.45, 7) is 1.51. The van der Waals surface area contributed by atoms with Crippen molar-refractivity contribution in [2.75, 3.05) is 0 Å². The van der Waals surface area contributed by atoms with Gasteiger partial charge in [-0.25, -0.2) is 0 Å². The van der Waals surface area contributed by atoms with E-state index in [1.165, 1.54) is 6.92 Å². The van der Waals surface area contributed by atoms with E-state index in [2.05, 4.69) is 0 Å². The summed E-state index contributed by atoms with van der Waals surface area (Å²) in [5.41, 5.74) is -5.90. The highest BCUT2D eigenvalue weighted by molar-refractivity contribution is 5.98. The Hall–Kier alpha value is -1.19. The lowest BCUT2D eigenvalue weighted by Crippen LogP contribution is -2.66. The average Bonchev–Trinajstić information content (AvgIpc) is 3.00. The van der Waals surface area contributed by atoms with Crippen LogP contribution in [0.5, 0.6) is 0 Å². The van der Waals surface area contributed by atoms with E-state index in [4.69, 9.17) is 0 Å². The van der Waals surface area contributed by atoms with Crippen molar-refractivity contribution < 1.29 is 45.0 Å². The third kappa shape index (κ3) is 2.96. The molecule has 0 heterocycles. The van der Waals surface area contributed by atoms with Gasteiger partial charge in [-0.05, 0) is 75.0 Å². The number of Topliss-reactive ketones (excluding diaryl/α,β-unsaturated/α-hetero) is 1. The quantitative estimate of drug-likeness (QED) is 0.472. The van der Waals surface area contributed by atoms with Crippen LogP contribution in [-0.4, -0.2) is 34.8 Å². The predicted octanol–water partition coefficient (Wildman–Crippen LogP) is 6.38. The molecule has 4 rings (SSSR count). The summed E-state index contributed by atoms with van der Waals surface area (Å²) in [6, 6.07) is 0. The monoisotopic (exact) mass is 474 g/mol.